The van der Waals surface area contributed by atoms with E-state index in [0.717, 1.165) is 25.9 Å². The number of piperidine rings is 1. The van der Waals surface area contributed by atoms with Crippen molar-refractivity contribution in [3.63, 3.8) is 0 Å². The first kappa shape index (κ1) is 19.0. The van der Waals surface area contributed by atoms with Gasteiger partial charge >= 0.3 is 0 Å². The average molecular weight is 344 g/mol. The zero-order valence-corrected chi connectivity index (χ0v) is 15.2. The minimum atomic E-state index is -0.261. The van der Waals surface area contributed by atoms with E-state index in [4.69, 9.17) is 5.73 Å². The number of carbonyl (C=O) groups excluding carboxylic acids is 1. The van der Waals surface area contributed by atoms with Crippen LogP contribution in [0.25, 0.3) is 0 Å². The standard InChI is InChI=1S/C18H33N3O.ClH/c19-17(13-15-7-3-1-4-8-15)18(22)21-12-9-16(14-21)20-10-5-2-6-11-20;/h15-17H,1-14,19H2;1H. The van der Waals surface area contributed by atoms with Crippen molar-refractivity contribution in [3.8, 4) is 0 Å². The lowest BCUT2D eigenvalue weighted by atomic mass is 9.85. The molecule has 4 nitrogen and oxygen atoms in total. The fourth-order valence-corrected chi connectivity index (χ4v) is 4.64. The monoisotopic (exact) mass is 343 g/mol. The molecular weight excluding hydrogens is 310 g/mol. The number of amides is 1. The summed E-state index contributed by atoms with van der Waals surface area (Å²) in [6.07, 6.45) is 12.6. The maximum absolute atomic E-state index is 12.6. The summed E-state index contributed by atoms with van der Waals surface area (Å²) in [6.45, 7) is 4.28. The minimum Gasteiger partial charge on any atom is -0.340 e. The van der Waals surface area contributed by atoms with Gasteiger partial charge in [-0.25, -0.2) is 0 Å². The third-order valence-electron chi connectivity index (χ3n) is 6.01. The van der Waals surface area contributed by atoms with Crippen LogP contribution < -0.4 is 5.73 Å². The van der Waals surface area contributed by atoms with Gasteiger partial charge in [0, 0.05) is 19.1 Å². The van der Waals surface area contributed by atoms with Crippen molar-refractivity contribution in [1.29, 1.82) is 0 Å². The van der Waals surface area contributed by atoms with Crippen LogP contribution in [0.5, 0.6) is 0 Å². The maximum Gasteiger partial charge on any atom is 0.239 e. The first-order chi connectivity index (χ1) is 10.7. The molecule has 2 unspecified atom stereocenters. The van der Waals surface area contributed by atoms with Crippen LogP contribution in [0.3, 0.4) is 0 Å². The number of nitrogens with two attached hydrogens (primary N) is 1. The van der Waals surface area contributed by atoms with Crippen LogP contribution in [-0.4, -0.2) is 54.0 Å². The molecule has 0 radical (unpaired) electrons. The third-order valence-corrected chi connectivity index (χ3v) is 6.01. The molecule has 2 heterocycles. The molecule has 1 saturated carbocycles. The quantitative estimate of drug-likeness (QED) is 0.853. The first-order valence-corrected chi connectivity index (χ1v) is 9.52. The number of likely N-dealkylation sites (tertiary alicyclic amines) is 2. The van der Waals surface area contributed by atoms with Crippen LogP contribution in [0, 0.1) is 5.92 Å². The summed E-state index contributed by atoms with van der Waals surface area (Å²) in [6, 6.07) is 0.328. The van der Waals surface area contributed by atoms with E-state index in [1.54, 1.807) is 0 Å². The molecule has 1 amide bonds. The van der Waals surface area contributed by atoms with Crippen LogP contribution in [0.1, 0.15) is 64.2 Å². The SMILES string of the molecule is Cl.NC(CC1CCCCC1)C(=O)N1CCC(N2CCCCC2)C1. The molecule has 134 valence electrons. The topological polar surface area (TPSA) is 49.6 Å². The molecule has 1 aliphatic carbocycles. The normalized spacial score (nSPS) is 28.4. The number of hydrogen-bond donors (Lipinski definition) is 1. The van der Waals surface area contributed by atoms with Gasteiger partial charge in [0.25, 0.3) is 0 Å². The molecule has 5 heteroatoms. The Labute approximate surface area is 147 Å². The Balaban J connectivity index is 0.00000192. The van der Waals surface area contributed by atoms with Gasteiger partial charge in [0.2, 0.25) is 5.91 Å². The van der Waals surface area contributed by atoms with Gasteiger partial charge in [-0.1, -0.05) is 38.5 Å². The van der Waals surface area contributed by atoms with E-state index in [1.165, 1.54) is 64.5 Å². The van der Waals surface area contributed by atoms with Crippen LogP contribution in [-0.2, 0) is 4.79 Å². The highest BCUT2D eigenvalue weighted by atomic mass is 35.5. The molecule has 3 fully saturated rings. The number of carbonyl (C=O) groups is 1. The Morgan fingerprint density at radius 2 is 1.61 bits per heavy atom. The van der Waals surface area contributed by atoms with Gasteiger partial charge in [-0.05, 0) is 44.7 Å². The van der Waals surface area contributed by atoms with E-state index in [-0.39, 0.29) is 24.4 Å². The maximum atomic E-state index is 12.6. The fraction of sp³-hybridized carbons (Fsp3) is 0.944. The lowest BCUT2D eigenvalue weighted by Crippen LogP contribution is -2.46. The largest absolute Gasteiger partial charge is 0.340 e. The van der Waals surface area contributed by atoms with Crippen LogP contribution >= 0.6 is 12.4 Å². The lowest BCUT2D eigenvalue weighted by molar-refractivity contribution is -0.132. The summed E-state index contributed by atoms with van der Waals surface area (Å²) in [5.74, 6) is 0.901. The molecule has 2 aliphatic heterocycles. The first-order valence-electron chi connectivity index (χ1n) is 9.52. The Kier molecular flexibility index (Phi) is 7.64. The molecular formula is C18H34ClN3O. The summed E-state index contributed by atoms with van der Waals surface area (Å²) in [5, 5.41) is 0. The molecule has 0 aromatic heterocycles. The molecule has 23 heavy (non-hydrogen) atoms. The van der Waals surface area contributed by atoms with Gasteiger partial charge in [-0.3, -0.25) is 9.69 Å². The summed E-state index contributed by atoms with van der Waals surface area (Å²) in [5.41, 5.74) is 6.25. The summed E-state index contributed by atoms with van der Waals surface area (Å²) >= 11 is 0. The van der Waals surface area contributed by atoms with Gasteiger partial charge in [-0.15, -0.1) is 12.4 Å². The predicted molar refractivity (Wildman–Crippen MR) is 96.8 cm³/mol. The Hall–Kier alpha value is -0.320. The number of nitrogens with zero attached hydrogens (tertiary/aromatic N) is 2. The molecule has 3 aliphatic rings. The Bertz CT molecular complexity index is 367. The smallest absolute Gasteiger partial charge is 0.239 e. The average Bonchev–Trinajstić information content (AvgIpc) is 3.06. The zero-order valence-electron chi connectivity index (χ0n) is 14.4. The lowest BCUT2D eigenvalue weighted by Gasteiger charge is -2.32. The van der Waals surface area contributed by atoms with E-state index >= 15 is 0 Å². The highest BCUT2D eigenvalue weighted by Crippen LogP contribution is 2.28. The van der Waals surface area contributed by atoms with Crippen molar-refractivity contribution in [2.75, 3.05) is 26.2 Å². The highest BCUT2D eigenvalue weighted by molar-refractivity contribution is 5.85. The molecule has 0 aromatic rings. The summed E-state index contributed by atoms with van der Waals surface area (Å²) in [4.78, 5) is 17.3. The number of halogens is 1. The molecule has 3 rings (SSSR count). The second-order valence-corrected chi connectivity index (χ2v) is 7.67. The second kappa shape index (κ2) is 9.24. The third kappa shape index (κ3) is 5.07. The molecule has 0 aromatic carbocycles. The van der Waals surface area contributed by atoms with Gasteiger partial charge in [0.15, 0.2) is 0 Å². The second-order valence-electron chi connectivity index (χ2n) is 7.67. The number of rotatable bonds is 4. The number of hydrogen-bond acceptors (Lipinski definition) is 3. The van der Waals surface area contributed by atoms with Crippen LogP contribution in [0.15, 0.2) is 0 Å². The van der Waals surface area contributed by atoms with E-state index < -0.39 is 0 Å². The molecule has 0 bridgehead atoms. The predicted octanol–water partition coefficient (Wildman–Crippen LogP) is 2.79. The zero-order chi connectivity index (χ0) is 15.4. The van der Waals surface area contributed by atoms with E-state index in [1.807, 2.05) is 4.90 Å². The molecule has 0 spiro atoms. The van der Waals surface area contributed by atoms with Gasteiger partial charge in [0.05, 0.1) is 6.04 Å². The van der Waals surface area contributed by atoms with Crippen LogP contribution in [0.4, 0.5) is 0 Å². The van der Waals surface area contributed by atoms with E-state index in [9.17, 15) is 4.79 Å². The van der Waals surface area contributed by atoms with Crippen molar-refractivity contribution >= 4 is 18.3 Å². The highest BCUT2D eigenvalue weighted by Gasteiger charge is 2.33. The minimum absolute atomic E-state index is 0. The Morgan fingerprint density at radius 1 is 0.957 bits per heavy atom. The summed E-state index contributed by atoms with van der Waals surface area (Å²) < 4.78 is 0. The van der Waals surface area contributed by atoms with Crippen molar-refractivity contribution < 1.29 is 4.79 Å². The van der Waals surface area contributed by atoms with E-state index in [2.05, 4.69) is 4.90 Å². The Morgan fingerprint density at radius 3 is 2.30 bits per heavy atom. The fourth-order valence-electron chi connectivity index (χ4n) is 4.64. The van der Waals surface area contributed by atoms with Gasteiger partial charge in [0.1, 0.15) is 0 Å². The summed E-state index contributed by atoms with van der Waals surface area (Å²) in [7, 11) is 0. The van der Waals surface area contributed by atoms with Crippen LogP contribution in [0.2, 0.25) is 0 Å². The van der Waals surface area contributed by atoms with Crippen molar-refractivity contribution in [1.82, 2.24) is 9.80 Å². The van der Waals surface area contributed by atoms with Crippen molar-refractivity contribution in [3.05, 3.63) is 0 Å². The van der Waals surface area contributed by atoms with Crippen molar-refractivity contribution in [2.24, 2.45) is 11.7 Å². The molecule has 2 atom stereocenters. The van der Waals surface area contributed by atoms with E-state index in [0.29, 0.717) is 12.0 Å². The van der Waals surface area contributed by atoms with Crippen molar-refractivity contribution in [2.45, 2.75) is 76.3 Å². The molecule has 2 N–H and O–H groups in total. The van der Waals surface area contributed by atoms with Gasteiger partial charge < -0.3 is 10.6 Å². The molecule has 2 saturated heterocycles. The van der Waals surface area contributed by atoms with Gasteiger partial charge in [-0.2, -0.15) is 0 Å².